The van der Waals surface area contributed by atoms with Gasteiger partial charge in [0, 0.05) is 24.0 Å². The van der Waals surface area contributed by atoms with Gasteiger partial charge >= 0.3 is 0 Å². The molecule has 2 aromatic rings. The van der Waals surface area contributed by atoms with Crippen molar-refractivity contribution in [3.8, 4) is 0 Å². The molecule has 2 aliphatic rings. The number of hydrogen-bond acceptors (Lipinski definition) is 3. The van der Waals surface area contributed by atoms with Crippen LogP contribution in [0.1, 0.15) is 22.3 Å². The zero-order chi connectivity index (χ0) is 21.4. The van der Waals surface area contributed by atoms with Crippen LogP contribution in [0.3, 0.4) is 0 Å². The van der Waals surface area contributed by atoms with Gasteiger partial charge in [-0.05, 0) is 42.3 Å². The Bertz CT molecular complexity index is 1020. The van der Waals surface area contributed by atoms with Crippen LogP contribution < -0.4 is 10.6 Å². The van der Waals surface area contributed by atoms with Gasteiger partial charge in [-0.15, -0.1) is 0 Å². The number of amides is 3. The first-order valence-corrected chi connectivity index (χ1v) is 9.81. The fourth-order valence-corrected chi connectivity index (χ4v) is 4.02. The third kappa shape index (κ3) is 4.00. The minimum atomic E-state index is -0.846. The Kier molecular flexibility index (Phi) is 5.42. The van der Waals surface area contributed by atoms with E-state index in [9.17, 15) is 23.2 Å². The van der Waals surface area contributed by atoms with E-state index in [1.165, 1.54) is 4.90 Å². The Morgan fingerprint density at radius 1 is 1.17 bits per heavy atom. The molecule has 6 nitrogen and oxygen atoms in total. The maximum atomic E-state index is 13.8. The van der Waals surface area contributed by atoms with Gasteiger partial charge in [-0.1, -0.05) is 23.7 Å². The molecule has 0 radical (unpaired) electrons. The quantitative estimate of drug-likeness (QED) is 0.774. The number of nitrogens with zero attached hydrogens (tertiary/aromatic N) is 1. The number of nitrogens with one attached hydrogen (secondary N) is 2. The third-order valence-corrected chi connectivity index (χ3v) is 5.61. The van der Waals surface area contributed by atoms with Crippen LogP contribution in [0, 0.1) is 11.6 Å². The van der Waals surface area contributed by atoms with Crippen molar-refractivity contribution in [3.05, 3.63) is 70.2 Å². The number of rotatable bonds is 4. The van der Waals surface area contributed by atoms with E-state index in [1.54, 1.807) is 24.3 Å². The van der Waals surface area contributed by atoms with Gasteiger partial charge in [0.2, 0.25) is 11.8 Å². The van der Waals surface area contributed by atoms with Crippen molar-refractivity contribution in [3.63, 3.8) is 0 Å². The number of carbonyl (C=O) groups is 3. The first-order valence-electron chi connectivity index (χ1n) is 9.43. The Morgan fingerprint density at radius 3 is 2.63 bits per heavy atom. The molecule has 2 aliphatic heterocycles. The molecule has 0 bridgehead atoms. The van der Waals surface area contributed by atoms with Crippen LogP contribution in [-0.2, 0) is 16.0 Å². The SMILES string of the molecule is O=C(N[C@H]1C[C@H]2C(=O)N[C@@H](Cc3ccc(Cl)cc3)C(=O)N2C1)c1cc(F)ccc1F. The first kappa shape index (κ1) is 20.3. The van der Waals surface area contributed by atoms with Crippen molar-refractivity contribution in [1.82, 2.24) is 15.5 Å². The van der Waals surface area contributed by atoms with Crippen molar-refractivity contribution < 1.29 is 23.2 Å². The fourth-order valence-electron chi connectivity index (χ4n) is 3.89. The van der Waals surface area contributed by atoms with E-state index in [0.717, 1.165) is 23.8 Å². The van der Waals surface area contributed by atoms with Crippen molar-refractivity contribution >= 4 is 29.3 Å². The molecule has 0 aliphatic carbocycles. The van der Waals surface area contributed by atoms with Crippen LogP contribution in [0.15, 0.2) is 42.5 Å². The second-order valence-corrected chi connectivity index (χ2v) is 7.86. The van der Waals surface area contributed by atoms with Crippen LogP contribution in [0.5, 0.6) is 0 Å². The third-order valence-electron chi connectivity index (χ3n) is 5.36. The van der Waals surface area contributed by atoms with Gasteiger partial charge in [0.1, 0.15) is 23.7 Å². The highest BCUT2D eigenvalue weighted by molar-refractivity contribution is 6.30. The number of piperazine rings is 1. The molecule has 2 saturated heterocycles. The second kappa shape index (κ2) is 8.02. The summed E-state index contributed by atoms with van der Waals surface area (Å²) in [6, 6.07) is 7.63. The normalized spacial score (nSPS) is 23.2. The fraction of sp³-hybridized carbons (Fsp3) is 0.286. The van der Waals surface area contributed by atoms with E-state index in [0.29, 0.717) is 11.4 Å². The summed E-state index contributed by atoms with van der Waals surface area (Å²) in [5.41, 5.74) is 0.429. The zero-order valence-electron chi connectivity index (χ0n) is 15.7. The molecular weight excluding hydrogens is 416 g/mol. The van der Waals surface area contributed by atoms with Crippen LogP contribution in [-0.4, -0.2) is 47.3 Å². The molecular formula is C21H18ClF2N3O3. The van der Waals surface area contributed by atoms with Crippen LogP contribution in [0.4, 0.5) is 8.78 Å². The summed E-state index contributed by atoms with van der Waals surface area (Å²) < 4.78 is 27.2. The molecule has 3 amide bonds. The molecule has 0 saturated carbocycles. The molecule has 30 heavy (non-hydrogen) atoms. The van der Waals surface area contributed by atoms with E-state index in [2.05, 4.69) is 10.6 Å². The summed E-state index contributed by atoms with van der Waals surface area (Å²) >= 11 is 5.88. The average molecular weight is 434 g/mol. The summed E-state index contributed by atoms with van der Waals surface area (Å²) in [6.07, 6.45) is 0.518. The van der Waals surface area contributed by atoms with Crippen molar-refractivity contribution in [2.24, 2.45) is 0 Å². The highest BCUT2D eigenvalue weighted by atomic mass is 35.5. The molecule has 9 heteroatoms. The molecule has 2 N–H and O–H groups in total. The maximum Gasteiger partial charge on any atom is 0.254 e. The molecule has 2 aromatic carbocycles. The van der Waals surface area contributed by atoms with Gasteiger partial charge in [0.05, 0.1) is 5.56 Å². The van der Waals surface area contributed by atoms with E-state index >= 15 is 0 Å². The van der Waals surface area contributed by atoms with Gasteiger partial charge in [0.15, 0.2) is 0 Å². The standard InChI is InChI=1S/C21H18ClF2N3O3/c22-12-3-1-11(2-4-12)7-17-21(30)27-10-14(9-18(27)20(29)26-17)25-19(28)15-8-13(23)5-6-16(15)24/h1-6,8,14,17-18H,7,9-10H2,(H,25,28)(H,26,29)/t14-,17-,18-/m0/s1. The Balaban J connectivity index is 1.44. The van der Waals surface area contributed by atoms with Crippen LogP contribution >= 0.6 is 11.6 Å². The lowest BCUT2D eigenvalue weighted by molar-refractivity contribution is -0.147. The zero-order valence-corrected chi connectivity index (χ0v) is 16.5. The van der Waals surface area contributed by atoms with Crippen molar-refractivity contribution in [1.29, 1.82) is 0 Å². The van der Waals surface area contributed by atoms with E-state index in [1.807, 2.05) is 0 Å². The summed E-state index contributed by atoms with van der Waals surface area (Å²) in [5, 5.41) is 5.91. The second-order valence-electron chi connectivity index (χ2n) is 7.43. The average Bonchev–Trinajstić information content (AvgIpc) is 3.14. The van der Waals surface area contributed by atoms with Gasteiger partial charge < -0.3 is 15.5 Å². The first-order chi connectivity index (χ1) is 14.3. The highest BCUT2D eigenvalue weighted by Gasteiger charge is 2.46. The minimum Gasteiger partial charge on any atom is -0.347 e. The number of fused-ring (bicyclic) bond motifs is 1. The molecule has 4 rings (SSSR count). The molecule has 2 fully saturated rings. The minimum absolute atomic E-state index is 0.122. The van der Waals surface area contributed by atoms with Crippen molar-refractivity contribution in [2.45, 2.75) is 31.0 Å². The van der Waals surface area contributed by atoms with Crippen molar-refractivity contribution in [2.75, 3.05) is 6.54 Å². The smallest absolute Gasteiger partial charge is 0.254 e. The van der Waals surface area contributed by atoms with Gasteiger partial charge in [0.25, 0.3) is 5.91 Å². The summed E-state index contributed by atoms with van der Waals surface area (Å²) in [6.45, 7) is 0.122. The predicted octanol–water partition coefficient (Wildman–Crippen LogP) is 2.06. The van der Waals surface area contributed by atoms with Crippen LogP contribution in [0.25, 0.3) is 0 Å². The van der Waals surface area contributed by atoms with E-state index < -0.39 is 41.2 Å². The summed E-state index contributed by atoms with van der Waals surface area (Å²) in [5.74, 6) is -2.92. The van der Waals surface area contributed by atoms with Gasteiger partial charge in [-0.3, -0.25) is 14.4 Å². The lowest BCUT2D eigenvalue weighted by atomic mass is 10.0. The summed E-state index contributed by atoms with van der Waals surface area (Å²) in [7, 11) is 0. The molecule has 156 valence electrons. The molecule has 3 atom stereocenters. The van der Waals surface area contributed by atoms with Gasteiger partial charge in [-0.25, -0.2) is 8.78 Å². The Hall–Kier alpha value is -3.00. The highest BCUT2D eigenvalue weighted by Crippen LogP contribution is 2.25. The Labute approximate surface area is 176 Å². The van der Waals surface area contributed by atoms with Gasteiger partial charge in [-0.2, -0.15) is 0 Å². The largest absolute Gasteiger partial charge is 0.347 e. The predicted molar refractivity (Wildman–Crippen MR) is 105 cm³/mol. The monoisotopic (exact) mass is 433 g/mol. The summed E-state index contributed by atoms with van der Waals surface area (Å²) in [4.78, 5) is 39.2. The molecule has 0 unspecified atom stereocenters. The molecule has 0 spiro atoms. The van der Waals surface area contributed by atoms with E-state index in [-0.39, 0.29) is 24.8 Å². The number of hydrogen-bond donors (Lipinski definition) is 2. The lowest BCUT2D eigenvalue weighted by Crippen LogP contribution is -2.61. The van der Waals surface area contributed by atoms with Crippen LogP contribution in [0.2, 0.25) is 5.02 Å². The topological polar surface area (TPSA) is 78.5 Å². The maximum absolute atomic E-state index is 13.8. The molecule has 0 aromatic heterocycles. The molecule has 2 heterocycles. The Morgan fingerprint density at radius 2 is 1.90 bits per heavy atom. The van der Waals surface area contributed by atoms with E-state index in [4.69, 9.17) is 11.6 Å². The lowest BCUT2D eigenvalue weighted by Gasteiger charge is -2.34. The number of carbonyl (C=O) groups excluding carboxylic acids is 3. The number of benzene rings is 2. The number of halogens is 3.